The summed E-state index contributed by atoms with van der Waals surface area (Å²) in [6.45, 7) is 0.380. The molecule has 0 aliphatic heterocycles. The van der Waals surface area contributed by atoms with Crippen molar-refractivity contribution in [3.63, 3.8) is 0 Å². The topological polar surface area (TPSA) is 24.9 Å². The zero-order valence-electron chi connectivity index (χ0n) is 9.67. The minimum absolute atomic E-state index is 0.00660. The van der Waals surface area contributed by atoms with Gasteiger partial charge in [-0.25, -0.2) is 9.37 Å². The highest BCUT2D eigenvalue weighted by Gasteiger charge is 2.33. The highest BCUT2D eigenvalue weighted by atomic mass is 32.1. The molecular formula is C12H10F4N2S. The summed E-state index contributed by atoms with van der Waals surface area (Å²) in [4.78, 5) is 4.01. The normalized spacial score (nSPS) is 11.8. The van der Waals surface area contributed by atoms with E-state index in [1.54, 1.807) is 5.51 Å². The first-order valence-electron chi connectivity index (χ1n) is 5.40. The Hall–Kier alpha value is -1.47. The standard InChI is InChI=1S/C12H10F4N2S/c13-9-2-1-8(11(3-9)12(14,15)16)4-17-5-10-6-19-7-18-10/h1-3,6-7,17H,4-5H2. The van der Waals surface area contributed by atoms with Crippen LogP contribution in [-0.2, 0) is 19.3 Å². The van der Waals surface area contributed by atoms with Crippen LogP contribution in [0.3, 0.4) is 0 Å². The Kier molecular flexibility index (Phi) is 4.16. The maximum Gasteiger partial charge on any atom is 0.416 e. The van der Waals surface area contributed by atoms with Gasteiger partial charge in [0.1, 0.15) is 5.82 Å². The molecule has 102 valence electrons. The summed E-state index contributed by atoms with van der Waals surface area (Å²) < 4.78 is 51.1. The SMILES string of the molecule is Fc1ccc(CNCc2cscn2)c(C(F)(F)F)c1. The van der Waals surface area contributed by atoms with E-state index in [2.05, 4.69) is 10.3 Å². The Morgan fingerprint density at radius 2 is 2.00 bits per heavy atom. The molecule has 0 saturated carbocycles. The Balaban J connectivity index is 2.07. The van der Waals surface area contributed by atoms with Crippen LogP contribution in [0.4, 0.5) is 17.6 Å². The van der Waals surface area contributed by atoms with Crippen LogP contribution in [0, 0.1) is 5.82 Å². The van der Waals surface area contributed by atoms with Crippen molar-refractivity contribution in [3.05, 3.63) is 51.7 Å². The quantitative estimate of drug-likeness (QED) is 0.870. The number of halogens is 4. The summed E-state index contributed by atoms with van der Waals surface area (Å²) >= 11 is 1.41. The minimum Gasteiger partial charge on any atom is -0.307 e. The number of hydrogen-bond donors (Lipinski definition) is 1. The molecule has 19 heavy (non-hydrogen) atoms. The van der Waals surface area contributed by atoms with Crippen molar-refractivity contribution in [2.75, 3.05) is 0 Å². The summed E-state index contributed by atoms with van der Waals surface area (Å²) in [5, 5.41) is 4.67. The number of nitrogens with zero attached hydrogens (tertiary/aromatic N) is 1. The maximum atomic E-state index is 12.9. The summed E-state index contributed by atoms with van der Waals surface area (Å²) in [5.41, 5.74) is 1.49. The molecule has 1 heterocycles. The molecular weight excluding hydrogens is 280 g/mol. The van der Waals surface area contributed by atoms with Crippen molar-refractivity contribution in [2.45, 2.75) is 19.3 Å². The zero-order chi connectivity index (χ0) is 13.9. The molecule has 0 radical (unpaired) electrons. The summed E-state index contributed by atoms with van der Waals surface area (Å²) in [5.74, 6) is -0.893. The third-order valence-corrected chi connectivity index (χ3v) is 3.12. The second-order valence-electron chi connectivity index (χ2n) is 3.88. The predicted molar refractivity (Wildman–Crippen MR) is 64.1 cm³/mol. The van der Waals surface area contributed by atoms with Gasteiger partial charge in [0.05, 0.1) is 16.8 Å². The van der Waals surface area contributed by atoms with Crippen LogP contribution in [0.2, 0.25) is 0 Å². The van der Waals surface area contributed by atoms with E-state index in [4.69, 9.17) is 0 Å². The number of nitrogens with one attached hydrogen (secondary N) is 1. The maximum absolute atomic E-state index is 12.9. The van der Waals surface area contributed by atoms with Gasteiger partial charge in [0.2, 0.25) is 0 Å². The molecule has 0 atom stereocenters. The van der Waals surface area contributed by atoms with Gasteiger partial charge in [-0.2, -0.15) is 13.2 Å². The number of aromatic nitrogens is 1. The lowest BCUT2D eigenvalue weighted by Crippen LogP contribution is -2.17. The number of alkyl halides is 3. The van der Waals surface area contributed by atoms with Gasteiger partial charge in [-0.3, -0.25) is 0 Å². The van der Waals surface area contributed by atoms with Crippen LogP contribution in [0.25, 0.3) is 0 Å². The third kappa shape index (κ3) is 3.74. The molecule has 0 bridgehead atoms. The number of benzene rings is 1. The highest BCUT2D eigenvalue weighted by Crippen LogP contribution is 2.32. The van der Waals surface area contributed by atoms with Crippen molar-refractivity contribution < 1.29 is 17.6 Å². The van der Waals surface area contributed by atoms with E-state index in [-0.39, 0.29) is 12.1 Å². The fraction of sp³-hybridized carbons (Fsp3) is 0.250. The van der Waals surface area contributed by atoms with Crippen LogP contribution >= 0.6 is 11.3 Å². The molecule has 1 aromatic heterocycles. The zero-order valence-corrected chi connectivity index (χ0v) is 10.5. The first-order chi connectivity index (χ1) is 8.97. The Bertz CT molecular complexity index is 537. The molecule has 2 aromatic rings. The smallest absolute Gasteiger partial charge is 0.307 e. The number of hydrogen-bond acceptors (Lipinski definition) is 3. The molecule has 1 N–H and O–H groups in total. The van der Waals surface area contributed by atoms with Gasteiger partial charge in [0, 0.05) is 18.5 Å². The predicted octanol–water partition coefficient (Wildman–Crippen LogP) is 3.59. The molecule has 0 spiro atoms. The molecule has 2 nitrogen and oxygen atoms in total. The van der Waals surface area contributed by atoms with Crippen LogP contribution in [0.5, 0.6) is 0 Å². The fourth-order valence-electron chi connectivity index (χ4n) is 1.62. The lowest BCUT2D eigenvalue weighted by Gasteiger charge is -2.13. The first-order valence-corrected chi connectivity index (χ1v) is 6.34. The molecule has 0 aliphatic carbocycles. The summed E-state index contributed by atoms with van der Waals surface area (Å²) in [7, 11) is 0. The molecule has 2 rings (SSSR count). The van der Waals surface area contributed by atoms with Gasteiger partial charge >= 0.3 is 6.18 Å². The minimum atomic E-state index is -4.56. The second-order valence-corrected chi connectivity index (χ2v) is 4.60. The van der Waals surface area contributed by atoms with Crippen molar-refractivity contribution in [2.24, 2.45) is 0 Å². The van der Waals surface area contributed by atoms with Crippen LogP contribution in [0.15, 0.2) is 29.1 Å². The highest BCUT2D eigenvalue weighted by molar-refractivity contribution is 7.07. The summed E-state index contributed by atoms with van der Waals surface area (Å²) in [6.07, 6.45) is -4.56. The van der Waals surface area contributed by atoms with E-state index in [1.165, 1.54) is 11.3 Å². The number of thiazole rings is 1. The first kappa shape index (κ1) is 14.0. The Labute approximate surface area is 111 Å². The van der Waals surface area contributed by atoms with E-state index in [0.29, 0.717) is 12.6 Å². The van der Waals surface area contributed by atoms with Gasteiger partial charge in [-0.05, 0) is 17.7 Å². The van der Waals surface area contributed by atoms with Crippen molar-refractivity contribution >= 4 is 11.3 Å². The number of rotatable bonds is 4. The van der Waals surface area contributed by atoms with Gasteiger partial charge in [0.15, 0.2) is 0 Å². The Morgan fingerprint density at radius 1 is 1.21 bits per heavy atom. The molecule has 0 amide bonds. The largest absolute Gasteiger partial charge is 0.416 e. The molecule has 7 heteroatoms. The third-order valence-electron chi connectivity index (χ3n) is 2.48. The Morgan fingerprint density at radius 3 is 2.63 bits per heavy atom. The molecule has 0 aliphatic rings. The van der Waals surface area contributed by atoms with Crippen LogP contribution in [-0.4, -0.2) is 4.98 Å². The van der Waals surface area contributed by atoms with Gasteiger partial charge in [0.25, 0.3) is 0 Å². The van der Waals surface area contributed by atoms with Crippen LogP contribution < -0.4 is 5.32 Å². The van der Waals surface area contributed by atoms with E-state index < -0.39 is 17.6 Å². The molecule has 0 saturated heterocycles. The van der Waals surface area contributed by atoms with E-state index in [9.17, 15) is 17.6 Å². The van der Waals surface area contributed by atoms with Gasteiger partial charge in [-0.1, -0.05) is 6.07 Å². The fourth-order valence-corrected chi connectivity index (χ4v) is 2.18. The second kappa shape index (κ2) is 5.66. The lowest BCUT2D eigenvalue weighted by molar-refractivity contribution is -0.138. The van der Waals surface area contributed by atoms with Crippen molar-refractivity contribution in [3.8, 4) is 0 Å². The lowest BCUT2D eigenvalue weighted by atomic mass is 10.1. The average Bonchev–Trinajstić information content (AvgIpc) is 2.83. The van der Waals surface area contributed by atoms with E-state index in [1.807, 2.05) is 5.38 Å². The molecule has 1 aromatic carbocycles. The summed E-state index contributed by atoms with van der Waals surface area (Å²) in [6, 6.07) is 2.68. The van der Waals surface area contributed by atoms with Gasteiger partial charge in [-0.15, -0.1) is 11.3 Å². The molecule has 0 unspecified atom stereocenters. The monoisotopic (exact) mass is 290 g/mol. The van der Waals surface area contributed by atoms with Crippen LogP contribution in [0.1, 0.15) is 16.8 Å². The molecule has 0 fully saturated rings. The van der Waals surface area contributed by atoms with Gasteiger partial charge < -0.3 is 5.32 Å². The van der Waals surface area contributed by atoms with Crippen molar-refractivity contribution in [1.82, 2.24) is 10.3 Å². The van der Waals surface area contributed by atoms with Crippen molar-refractivity contribution in [1.29, 1.82) is 0 Å². The van der Waals surface area contributed by atoms with E-state index in [0.717, 1.165) is 17.8 Å². The van der Waals surface area contributed by atoms with E-state index >= 15 is 0 Å². The average molecular weight is 290 g/mol.